The number of hydrogen-bond donors (Lipinski definition) is 0. The van der Waals surface area contributed by atoms with Gasteiger partial charge in [-0.2, -0.15) is 0 Å². The van der Waals surface area contributed by atoms with Crippen molar-refractivity contribution in [1.82, 2.24) is 30.4 Å². The summed E-state index contributed by atoms with van der Waals surface area (Å²) in [6.07, 6.45) is 0.974. The molecule has 0 aliphatic heterocycles. The quantitative estimate of drug-likeness (QED) is 0.575. The molecule has 0 radical (unpaired) electrons. The Kier molecular flexibility index (Phi) is 5.42. The molecular formula is C15H18N6O2S. The second-order valence-corrected chi connectivity index (χ2v) is 5.84. The van der Waals surface area contributed by atoms with E-state index in [0.717, 1.165) is 30.1 Å². The largest absolute Gasteiger partial charge is 0.493 e. The van der Waals surface area contributed by atoms with Gasteiger partial charge in [0.25, 0.3) is 11.1 Å². The van der Waals surface area contributed by atoms with Gasteiger partial charge in [-0.15, -0.1) is 15.3 Å². The van der Waals surface area contributed by atoms with Crippen LogP contribution in [0, 0.1) is 0 Å². The molecule has 0 atom stereocenters. The molecule has 0 unspecified atom stereocenters. The first kappa shape index (κ1) is 16.4. The van der Waals surface area contributed by atoms with Crippen LogP contribution in [0.2, 0.25) is 0 Å². The molecule has 9 heteroatoms. The van der Waals surface area contributed by atoms with Crippen LogP contribution < -0.4 is 4.74 Å². The van der Waals surface area contributed by atoms with Crippen LogP contribution in [0.25, 0.3) is 11.5 Å². The SMILES string of the molecule is CCCn1nnnc1CSc1nnc(-c2ccccc2OCC)o1. The summed E-state index contributed by atoms with van der Waals surface area (Å²) in [6.45, 7) is 5.39. The summed E-state index contributed by atoms with van der Waals surface area (Å²) in [6, 6.07) is 7.60. The van der Waals surface area contributed by atoms with E-state index in [0.29, 0.717) is 23.5 Å². The molecule has 0 aliphatic carbocycles. The predicted molar refractivity (Wildman–Crippen MR) is 88.6 cm³/mol. The van der Waals surface area contributed by atoms with Crippen molar-refractivity contribution in [3.05, 3.63) is 30.1 Å². The summed E-state index contributed by atoms with van der Waals surface area (Å²) >= 11 is 1.41. The summed E-state index contributed by atoms with van der Waals surface area (Å²) < 4.78 is 13.1. The van der Waals surface area contributed by atoms with Gasteiger partial charge in [0, 0.05) is 6.54 Å². The standard InChI is InChI=1S/C15H18N6O2S/c1-3-9-21-13(16-19-20-21)10-24-15-18-17-14(23-15)11-7-5-6-8-12(11)22-4-2/h5-8H,3-4,9-10H2,1-2H3. The van der Waals surface area contributed by atoms with Crippen LogP contribution in [0.1, 0.15) is 26.1 Å². The first-order chi connectivity index (χ1) is 11.8. The van der Waals surface area contributed by atoms with Crippen molar-refractivity contribution < 1.29 is 9.15 Å². The van der Waals surface area contributed by atoms with Crippen molar-refractivity contribution in [3.63, 3.8) is 0 Å². The van der Waals surface area contributed by atoms with Crippen molar-refractivity contribution in [2.24, 2.45) is 0 Å². The Labute approximate surface area is 143 Å². The molecule has 3 aromatic rings. The highest BCUT2D eigenvalue weighted by atomic mass is 32.2. The van der Waals surface area contributed by atoms with Crippen molar-refractivity contribution in [3.8, 4) is 17.2 Å². The van der Waals surface area contributed by atoms with E-state index in [2.05, 4.69) is 32.6 Å². The Balaban J connectivity index is 1.71. The lowest BCUT2D eigenvalue weighted by atomic mass is 10.2. The third-order valence-electron chi connectivity index (χ3n) is 3.19. The fourth-order valence-corrected chi connectivity index (χ4v) is 2.84. The summed E-state index contributed by atoms with van der Waals surface area (Å²) in [5.41, 5.74) is 0.787. The number of rotatable bonds is 8. The number of tetrazole rings is 1. The molecule has 1 aromatic carbocycles. The minimum absolute atomic E-state index is 0.440. The third-order valence-corrected chi connectivity index (χ3v) is 4.00. The van der Waals surface area contributed by atoms with Gasteiger partial charge in [0.15, 0.2) is 5.82 Å². The highest BCUT2D eigenvalue weighted by Crippen LogP contribution is 2.31. The van der Waals surface area contributed by atoms with Crippen LogP contribution in [-0.4, -0.2) is 37.0 Å². The Hall–Kier alpha value is -2.42. The van der Waals surface area contributed by atoms with Gasteiger partial charge < -0.3 is 9.15 Å². The zero-order valence-corrected chi connectivity index (χ0v) is 14.4. The fourth-order valence-electron chi connectivity index (χ4n) is 2.14. The van der Waals surface area contributed by atoms with Crippen LogP contribution >= 0.6 is 11.8 Å². The number of aromatic nitrogens is 6. The Bertz CT molecular complexity index is 788. The Morgan fingerprint density at radius 3 is 2.88 bits per heavy atom. The molecule has 0 aliphatic rings. The summed E-state index contributed by atoms with van der Waals surface area (Å²) in [5, 5.41) is 20.4. The van der Waals surface area contributed by atoms with E-state index in [9.17, 15) is 0 Å². The summed E-state index contributed by atoms with van der Waals surface area (Å²) in [5.74, 6) is 2.53. The molecular weight excluding hydrogens is 328 g/mol. The number of thioether (sulfide) groups is 1. The van der Waals surface area contributed by atoms with Gasteiger partial charge in [0.05, 0.1) is 17.9 Å². The maximum Gasteiger partial charge on any atom is 0.277 e. The molecule has 3 rings (SSSR count). The number of hydrogen-bond acceptors (Lipinski definition) is 8. The predicted octanol–water partition coefficient (Wildman–Crippen LogP) is 2.82. The van der Waals surface area contributed by atoms with Crippen LogP contribution in [0.15, 0.2) is 33.9 Å². The maximum atomic E-state index is 5.74. The van der Waals surface area contributed by atoms with E-state index in [-0.39, 0.29) is 0 Å². The van der Waals surface area contributed by atoms with Gasteiger partial charge >= 0.3 is 0 Å². The fraction of sp³-hybridized carbons (Fsp3) is 0.400. The van der Waals surface area contributed by atoms with E-state index >= 15 is 0 Å². The first-order valence-corrected chi connectivity index (χ1v) is 8.74. The molecule has 0 N–H and O–H groups in total. The van der Waals surface area contributed by atoms with Crippen LogP contribution in [0.4, 0.5) is 0 Å². The minimum atomic E-state index is 0.440. The zero-order valence-electron chi connectivity index (χ0n) is 13.5. The molecule has 0 saturated heterocycles. The summed E-state index contributed by atoms with van der Waals surface area (Å²) in [4.78, 5) is 0. The van der Waals surface area contributed by atoms with Gasteiger partial charge in [-0.05, 0) is 35.9 Å². The second kappa shape index (κ2) is 7.91. The van der Waals surface area contributed by atoms with Gasteiger partial charge in [0.1, 0.15) is 5.75 Å². The van der Waals surface area contributed by atoms with Crippen molar-refractivity contribution in [2.75, 3.05) is 6.61 Å². The molecule has 0 saturated carbocycles. The minimum Gasteiger partial charge on any atom is -0.493 e. The lowest BCUT2D eigenvalue weighted by molar-refractivity contribution is 0.340. The van der Waals surface area contributed by atoms with E-state index < -0.39 is 0 Å². The molecule has 0 fully saturated rings. The number of para-hydroxylation sites is 1. The van der Waals surface area contributed by atoms with Gasteiger partial charge in [0.2, 0.25) is 0 Å². The smallest absolute Gasteiger partial charge is 0.277 e. The van der Waals surface area contributed by atoms with Gasteiger partial charge in [-0.3, -0.25) is 0 Å². The zero-order chi connectivity index (χ0) is 16.8. The molecule has 8 nitrogen and oxygen atoms in total. The number of ether oxygens (including phenoxy) is 1. The summed E-state index contributed by atoms with van der Waals surface area (Å²) in [7, 11) is 0. The average molecular weight is 346 g/mol. The molecule has 0 bridgehead atoms. The van der Waals surface area contributed by atoms with Crippen molar-refractivity contribution >= 4 is 11.8 Å². The van der Waals surface area contributed by atoms with E-state index in [1.165, 1.54) is 11.8 Å². The highest BCUT2D eigenvalue weighted by molar-refractivity contribution is 7.98. The topological polar surface area (TPSA) is 91.8 Å². The van der Waals surface area contributed by atoms with Gasteiger partial charge in [-0.25, -0.2) is 4.68 Å². The third kappa shape index (κ3) is 3.73. The highest BCUT2D eigenvalue weighted by Gasteiger charge is 2.15. The molecule has 0 spiro atoms. The van der Waals surface area contributed by atoms with Crippen LogP contribution in [0.5, 0.6) is 5.75 Å². The second-order valence-electron chi connectivity index (χ2n) is 4.91. The van der Waals surface area contributed by atoms with Crippen LogP contribution in [-0.2, 0) is 12.3 Å². The number of benzene rings is 1. The lowest BCUT2D eigenvalue weighted by Crippen LogP contribution is -2.04. The molecule has 0 amide bonds. The Morgan fingerprint density at radius 1 is 1.17 bits per heavy atom. The van der Waals surface area contributed by atoms with E-state index in [1.807, 2.05) is 31.2 Å². The van der Waals surface area contributed by atoms with Gasteiger partial charge in [-0.1, -0.05) is 30.8 Å². The molecule has 2 heterocycles. The Morgan fingerprint density at radius 2 is 2.04 bits per heavy atom. The van der Waals surface area contributed by atoms with Crippen LogP contribution in [0.3, 0.4) is 0 Å². The molecule has 2 aromatic heterocycles. The van der Waals surface area contributed by atoms with Crippen molar-refractivity contribution in [2.45, 2.75) is 37.8 Å². The normalized spacial score (nSPS) is 10.9. The molecule has 126 valence electrons. The number of nitrogens with zero attached hydrogens (tertiary/aromatic N) is 6. The van der Waals surface area contributed by atoms with E-state index in [4.69, 9.17) is 9.15 Å². The maximum absolute atomic E-state index is 5.74. The van der Waals surface area contributed by atoms with E-state index in [1.54, 1.807) is 4.68 Å². The average Bonchev–Trinajstić information content (AvgIpc) is 3.23. The first-order valence-electron chi connectivity index (χ1n) is 7.75. The lowest BCUT2D eigenvalue weighted by Gasteiger charge is -2.06. The monoisotopic (exact) mass is 346 g/mol. The number of aryl methyl sites for hydroxylation is 1. The molecule has 24 heavy (non-hydrogen) atoms. The van der Waals surface area contributed by atoms with Crippen molar-refractivity contribution in [1.29, 1.82) is 0 Å².